The third kappa shape index (κ3) is 3.18. The fraction of sp³-hybridized carbons (Fsp3) is 0.381. The van der Waals surface area contributed by atoms with E-state index in [2.05, 4.69) is 10.3 Å². The average molecular weight is 385 g/mol. The van der Waals surface area contributed by atoms with Crippen LogP contribution >= 0.6 is 11.3 Å². The summed E-state index contributed by atoms with van der Waals surface area (Å²) in [4.78, 5) is 17.6. The highest BCUT2D eigenvalue weighted by molar-refractivity contribution is 7.19. The first kappa shape index (κ1) is 17.9. The number of H-pyrrole nitrogens is 1. The van der Waals surface area contributed by atoms with Gasteiger partial charge in [-0.2, -0.15) is 0 Å². The number of aromatic nitrogens is 1. The molecule has 6 heteroatoms. The molecule has 0 unspecified atom stereocenters. The van der Waals surface area contributed by atoms with Crippen LogP contribution in [0.15, 0.2) is 18.2 Å². The minimum Gasteiger partial charge on any atom is -0.493 e. The molecule has 0 fully saturated rings. The van der Waals surface area contributed by atoms with E-state index in [0.29, 0.717) is 17.2 Å². The van der Waals surface area contributed by atoms with Gasteiger partial charge in [0, 0.05) is 22.3 Å². The number of rotatable bonds is 4. The number of carbonyl (C=O) groups is 1. The van der Waals surface area contributed by atoms with Crippen molar-refractivity contribution in [2.75, 3.05) is 19.5 Å². The largest absolute Gasteiger partial charge is 0.493 e. The van der Waals surface area contributed by atoms with Crippen molar-refractivity contribution >= 4 is 33.1 Å². The molecular weight excluding hydrogens is 360 g/mol. The summed E-state index contributed by atoms with van der Waals surface area (Å²) < 4.78 is 11.8. The van der Waals surface area contributed by atoms with E-state index >= 15 is 0 Å². The van der Waals surface area contributed by atoms with Gasteiger partial charge in [0.25, 0.3) is 5.91 Å². The number of methoxy groups -OCH3 is 2. The third-order valence-corrected chi connectivity index (χ3v) is 6.39. The van der Waals surface area contributed by atoms with Crippen molar-refractivity contribution in [3.05, 3.63) is 39.9 Å². The molecule has 0 saturated carbocycles. The fourth-order valence-electron chi connectivity index (χ4n) is 3.88. The molecule has 2 N–H and O–H groups in total. The van der Waals surface area contributed by atoms with Gasteiger partial charge >= 0.3 is 0 Å². The number of hydrogen-bond acceptors (Lipinski definition) is 4. The summed E-state index contributed by atoms with van der Waals surface area (Å²) in [6.07, 6.45) is 5.90. The molecule has 1 aliphatic carbocycles. The van der Waals surface area contributed by atoms with Gasteiger partial charge in [-0.05, 0) is 50.3 Å². The molecule has 1 aromatic carbocycles. The van der Waals surface area contributed by atoms with Crippen molar-refractivity contribution in [3.63, 3.8) is 0 Å². The Balaban J connectivity index is 1.68. The number of fused-ring (bicyclic) bond motifs is 3. The molecule has 3 aromatic rings. The Labute approximate surface area is 162 Å². The summed E-state index contributed by atoms with van der Waals surface area (Å²) in [7, 11) is 3.18. The lowest BCUT2D eigenvalue weighted by Crippen LogP contribution is -2.12. The van der Waals surface area contributed by atoms with Gasteiger partial charge in [0.15, 0.2) is 11.5 Å². The number of aryl methyl sites for hydroxylation is 3. The summed E-state index contributed by atoms with van der Waals surface area (Å²) in [5.41, 5.74) is 5.15. The van der Waals surface area contributed by atoms with Gasteiger partial charge in [0.1, 0.15) is 0 Å². The first-order chi connectivity index (χ1) is 13.1. The van der Waals surface area contributed by atoms with Crippen LogP contribution in [0, 0.1) is 6.92 Å². The number of thiophene rings is 1. The van der Waals surface area contributed by atoms with Crippen LogP contribution in [0.1, 0.15) is 45.8 Å². The molecule has 0 bridgehead atoms. The normalized spacial score (nSPS) is 13.9. The molecule has 2 heterocycles. The van der Waals surface area contributed by atoms with Crippen LogP contribution in [0.25, 0.3) is 10.2 Å². The minimum atomic E-state index is -0.0950. The monoisotopic (exact) mass is 384 g/mol. The van der Waals surface area contributed by atoms with E-state index in [1.54, 1.807) is 37.7 Å². The zero-order chi connectivity index (χ0) is 19.0. The van der Waals surface area contributed by atoms with Gasteiger partial charge in [0.2, 0.25) is 0 Å². The standard InChI is InChI=1S/C21H24N2O3S/c1-12-18(19-20(27-12)14-7-5-4-6-8-15(14)23-19)21(24)22-13-9-10-16(25-2)17(11-13)26-3/h9-11,23H,4-8H2,1-3H3,(H,22,24). The predicted molar refractivity (Wildman–Crippen MR) is 110 cm³/mol. The van der Waals surface area contributed by atoms with Gasteiger partial charge in [-0.3, -0.25) is 4.79 Å². The van der Waals surface area contributed by atoms with E-state index < -0.39 is 0 Å². The highest BCUT2D eigenvalue weighted by Gasteiger charge is 2.23. The number of carbonyl (C=O) groups excluding carboxylic acids is 1. The molecule has 0 aliphatic heterocycles. The molecule has 5 nitrogen and oxygen atoms in total. The summed E-state index contributed by atoms with van der Waals surface area (Å²) in [5.74, 6) is 1.13. The predicted octanol–water partition coefficient (Wildman–Crippen LogP) is 5.08. The lowest BCUT2D eigenvalue weighted by molar-refractivity contribution is 0.102. The van der Waals surface area contributed by atoms with Crippen molar-refractivity contribution in [3.8, 4) is 11.5 Å². The van der Waals surface area contributed by atoms with Crippen molar-refractivity contribution in [2.45, 2.75) is 39.0 Å². The van der Waals surface area contributed by atoms with E-state index in [1.807, 2.05) is 13.0 Å². The summed E-state index contributed by atoms with van der Waals surface area (Å²) >= 11 is 1.73. The van der Waals surface area contributed by atoms with Crippen LogP contribution in [0.4, 0.5) is 5.69 Å². The minimum absolute atomic E-state index is 0.0950. The van der Waals surface area contributed by atoms with Crippen LogP contribution in [0.5, 0.6) is 11.5 Å². The maximum atomic E-state index is 13.0. The molecule has 1 aliphatic rings. The van der Waals surface area contributed by atoms with Crippen LogP contribution < -0.4 is 14.8 Å². The number of aromatic amines is 1. The van der Waals surface area contributed by atoms with Crippen LogP contribution in [0.3, 0.4) is 0 Å². The van der Waals surface area contributed by atoms with E-state index in [0.717, 1.165) is 28.8 Å². The lowest BCUT2D eigenvalue weighted by atomic mass is 10.1. The molecule has 4 rings (SSSR count). The van der Waals surface area contributed by atoms with Crippen molar-refractivity contribution in [2.24, 2.45) is 0 Å². The Morgan fingerprint density at radius 3 is 2.67 bits per heavy atom. The first-order valence-corrected chi connectivity index (χ1v) is 10.1. The molecule has 2 aromatic heterocycles. The maximum Gasteiger partial charge on any atom is 0.258 e. The number of ether oxygens (including phenoxy) is 2. The topological polar surface area (TPSA) is 63.3 Å². The Morgan fingerprint density at radius 2 is 1.89 bits per heavy atom. The van der Waals surface area contributed by atoms with Crippen molar-refractivity contribution < 1.29 is 14.3 Å². The smallest absolute Gasteiger partial charge is 0.258 e. The highest BCUT2D eigenvalue weighted by atomic mass is 32.1. The molecule has 142 valence electrons. The summed E-state index contributed by atoms with van der Waals surface area (Å²) in [6, 6.07) is 5.39. The maximum absolute atomic E-state index is 13.0. The Bertz CT molecular complexity index is 1000. The molecule has 1 amide bonds. The van der Waals surface area contributed by atoms with Gasteiger partial charge in [-0.25, -0.2) is 0 Å². The molecule has 0 saturated heterocycles. The number of nitrogens with one attached hydrogen (secondary N) is 2. The second-order valence-electron chi connectivity index (χ2n) is 6.90. The second-order valence-corrected chi connectivity index (χ2v) is 8.13. The lowest BCUT2D eigenvalue weighted by Gasteiger charge is -2.10. The number of anilines is 1. The fourth-order valence-corrected chi connectivity index (χ4v) is 5.09. The summed E-state index contributed by atoms with van der Waals surface area (Å²) in [5, 5.41) is 3.01. The van der Waals surface area contributed by atoms with E-state index in [-0.39, 0.29) is 5.91 Å². The summed E-state index contributed by atoms with van der Waals surface area (Å²) in [6.45, 7) is 2.02. The quantitative estimate of drug-likeness (QED) is 0.617. The van der Waals surface area contributed by atoms with Gasteiger partial charge in [0.05, 0.1) is 30.0 Å². The van der Waals surface area contributed by atoms with Crippen LogP contribution in [-0.4, -0.2) is 25.1 Å². The number of benzene rings is 1. The zero-order valence-corrected chi connectivity index (χ0v) is 16.7. The van der Waals surface area contributed by atoms with Crippen molar-refractivity contribution in [1.82, 2.24) is 4.98 Å². The Hall–Kier alpha value is -2.47. The second kappa shape index (κ2) is 7.27. The SMILES string of the molecule is COc1ccc(NC(=O)c2c(C)sc3c4c([nH]c23)CCCCC4)cc1OC. The highest BCUT2D eigenvalue weighted by Crippen LogP contribution is 2.38. The first-order valence-electron chi connectivity index (χ1n) is 9.28. The number of amides is 1. The van der Waals surface area contributed by atoms with E-state index in [4.69, 9.17) is 9.47 Å². The molecule has 0 spiro atoms. The van der Waals surface area contributed by atoms with Crippen LogP contribution in [-0.2, 0) is 12.8 Å². The van der Waals surface area contributed by atoms with Crippen molar-refractivity contribution in [1.29, 1.82) is 0 Å². The molecular formula is C21H24N2O3S. The molecule has 0 radical (unpaired) electrons. The van der Waals surface area contributed by atoms with Gasteiger partial charge in [-0.1, -0.05) is 6.42 Å². The Morgan fingerprint density at radius 1 is 1.11 bits per heavy atom. The molecule has 0 atom stereocenters. The number of hydrogen-bond donors (Lipinski definition) is 2. The van der Waals surface area contributed by atoms with E-state index in [1.165, 1.54) is 35.2 Å². The molecule has 27 heavy (non-hydrogen) atoms. The Kier molecular flexibility index (Phi) is 4.83. The van der Waals surface area contributed by atoms with E-state index in [9.17, 15) is 4.79 Å². The zero-order valence-electron chi connectivity index (χ0n) is 15.9. The third-order valence-electron chi connectivity index (χ3n) is 5.22. The van der Waals surface area contributed by atoms with Crippen LogP contribution in [0.2, 0.25) is 0 Å². The van der Waals surface area contributed by atoms with Gasteiger partial charge < -0.3 is 19.8 Å². The van der Waals surface area contributed by atoms with Gasteiger partial charge in [-0.15, -0.1) is 11.3 Å². The average Bonchev–Trinajstić information content (AvgIpc) is 3.04.